The van der Waals surface area contributed by atoms with Crippen molar-refractivity contribution in [1.29, 1.82) is 0 Å². The Kier molecular flexibility index (Phi) is 11.9. The first-order valence-electron chi connectivity index (χ1n) is 16.1. The minimum atomic E-state index is -1.77. The van der Waals surface area contributed by atoms with Crippen molar-refractivity contribution >= 4 is 47.5 Å². The highest BCUT2D eigenvalue weighted by Crippen LogP contribution is 2.58. The second-order valence-corrected chi connectivity index (χ2v) is 11.6. The molecule has 55 heavy (non-hydrogen) atoms. The van der Waals surface area contributed by atoms with Crippen LogP contribution in [-0.2, 0) is 67.5 Å². The van der Waals surface area contributed by atoms with Crippen molar-refractivity contribution in [2.24, 2.45) is 0 Å². The third kappa shape index (κ3) is 9.13. The summed E-state index contributed by atoms with van der Waals surface area (Å²) in [6, 6.07) is 11.4. The van der Waals surface area contributed by atoms with Gasteiger partial charge in [-0.25, -0.2) is 4.79 Å². The van der Waals surface area contributed by atoms with Gasteiger partial charge in [0.2, 0.25) is 27.2 Å². The summed E-state index contributed by atoms with van der Waals surface area (Å²) in [5.41, 5.74) is -1.38. The second kappa shape index (κ2) is 16.7. The Labute approximate surface area is 311 Å². The summed E-state index contributed by atoms with van der Waals surface area (Å²) in [6.07, 6.45) is 0. The van der Waals surface area contributed by atoms with Crippen LogP contribution < -0.4 is 19.1 Å². The van der Waals surface area contributed by atoms with E-state index in [0.717, 1.165) is 18.7 Å². The van der Waals surface area contributed by atoms with E-state index in [1.807, 2.05) is 0 Å². The number of rotatable bonds is 15. The zero-order valence-corrected chi connectivity index (χ0v) is 29.7. The van der Waals surface area contributed by atoms with Gasteiger partial charge in [0.1, 0.15) is 41.8 Å². The van der Waals surface area contributed by atoms with Crippen LogP contribution in [0.5, 0.6) is 28.7 Å². The summed E-state index contributed by atoms with van der Waals surface area (Å²) in [5.74, 6) is -5.35. The number of carbonyl (C=O) groups is 7. The SMILES string of the molecule is CC(=O)OCOC(=O)CN(CC(=O)OCOC(C)=O)c1cc2c(cc1O)C1(OC2=O)c2ccc(OCOC(C)=O)cc2Oc2cc(OCOC(C)=O)ccc21. The standard InChI is InChI=1S/C36H33NO18/c1-19(38)46-15-50-23-5-7-26-31(9-23)54-32-10-24(51-16-47-20(2)39)6-8-27(32)36(26)28-12-30(42)29(11-25(28)35(45)55-36)37(13-33(43)52-17-48-21(3)40)14-34(44)53-18-49-22(4)41/h5-12,42H,13-18H2,1-4H3. The van der Waals surface area contributed by atoms with Crippen molar-refractivity contribution in [1.82, 2.24) is 0 Å². The van der Waals surface area contributed by atoms with Crippen molar-refractivity contribution in [3.8, 4) is 28.7 Å². The fraction of sp³-hybridized carbons (Fsp3) is 0.306. The second-order valence-electron chi connectivity index (χ2n) is 11.6. The number of esters is 7. The molecule has 1 N–H and O–H groups in total. The molecule has 0 radical (unpaired) electrons. The molecule has 0 saturated carbocycles. The van der Waals surface area contributed by atoms with Crippen LogP contribution in [0, 0.1) is 0 Å². The van der Waals surface area contributed by atoms with Crippen molar-refractivity contribution in [2.75, 3.05) is 45.2 Å². The van der Waals surface area contributed by atoms with Gasteiger partial charge in [-0.2, -0.15) is 0 Å². The summed E-state index contributed by atoms with van der Waals surface area (Å²) < 4.78 is 52.3. The van der Waals surface area contributed by atoms with E-state index in [1.54, 1.807) is 12.1 Å². The average Bonchev–Trinajstić information content (AvgIpc) is 3.37. The average molecular weight is 768 g/mol. The maximum atomic E-state index is 13.9. The van der Waals surface area contributed by atoms with E-state index in [0.29, 0.717) is 0 Å². The number of carbonyl (C=O) groups excluding carboxylic acids is 7. The largest absolute Gasteiger partial charge is 0.506 e. The van der Waals surface area contributed by atoms with E-state index in [4.69, 9.17) is 37.9 Å². The molecule has 0 aromatic heterocycles. The number of fused-ring (bicyclic) bond motifs is 6. The molecule has 290 valence electrons. The van der Waals surface area contributed by atoms with Crippen molar-refractivity contribution in [3.05, 3.63) is 70.8 Å². The van der Waals surface area contributed by atoms with Crippen molar-refractivity contribution < 1.29 is 86.0 Å². The lowest BCUT2D eigenvalue weighted by atomic mass is 9.77. The van der Waals surface area contributed by atoms with E-state index in [2.05, 4.69) is 9.47 Å². The Morgan fingerprint density at radius 2 is 1.07 bits per heavy atom. The first-order chi connectivity index (χ1) is 26.2. The highest BCUT2D eigenvalue weighted by atomic mass is 16.7. The molecule has 2 aliphatic heterocycles. The van der Waals surface area contributed by atoms with E-state index < -0.39 is 93.4 Å². The molecule has 19 nitrogen and oxygen atoms in total. The Bertz CT molecular complexity index is 1940. The summed E-state index contributed by atoms with van der Waals surface area (Å²) in [4.78, 5) is 85.2. The van der Waals surface area contributed by atoms with Crippen LogP contribution >= 0.6 is 0 Å². The van der Waals surface area contributed by atoms with Gasteiger partial charge < -0.3 is 57.4 Å². The van der Waals surface area contributed by atoms with Crippen LogP contribution in [0.2, 0.25) is 0 Å². The Morgan fingerprint density at radius 1 is 0.618 bits per heavy atom. The number of anilines is 1. The van der Waals surface area contributed by atoms with Gasteiger partial charge in [-0.05, 0) is 36.4 Å². The number of phenolic OH excluding ortho intramolecular Hbond substituents is 1. The molecule has 3 aromatic carbocycles. The maximum Gasteiger partial charge on any atom is 0.340 e. The molecule has 0 fully saturated rings. The lowest BCUT2D eigenvalue weighted by Gasteiger charge is -2.37. The molecule has 19 heteroatoms. The van der Waals surface area contributed by atoms with Gasteiger partial charge in [0.15, 0.2) is 5.60 Å². The van der Waals surface area contributed by atoms with Gasteiger partial charge in [0.25, 0.3) is 0 Å². The number of ether oxygens (including phenoxy) is 10. The number of nitrogens with zero attached hydrogens (tertiary/aromatic N) is 1. The molecule has 3 aromatic rings. The van der Waals surface area contributed by atoms with Crippen LogP contribution in [0.25, 0.3) is 0 Å². The topological polar surface area (TPSA) is 235 Å². The molecule has 0 atom stereocenters. The number of phenols is 1. The molecule has 0 bridgehead atoms. The van der Waals surface area contributed by atoms with Gasteiger partial charge in [-0.3, -0.25) is 28.8 Å². The van der Waals surface area contributed by atoms with Gasteiger partial charge >= 0.3 is 41.8 Å². The first-order valence-corrected chi connectivity index (χ1v) is 16.1. The van der Waals surface area contributed by atoms with Crippen molar-refractivity contribution in [2.45, 2.75) is 33.3 Å². The van der Waals surface area contributed by atoms with Crippen LogP contribution in [0.4, 0.5) is 5.69 Å². The van der Waals surface area contributed by atoms with E-state index in [1.165, 1.54) is 50.2 Å². The molecule has 1 spiro atoms. The zero-order valence-electron chi connectivity index (χ0n) is 29.7. The van der Waals surface area contributed by atoms with E-state index in [9.17, 15) is 38.7 Å². The molecule has 5 rings (SSSR count). The molecule has 0 saturated heterocycles. The number of benzene rings is 3. The Morgan fingerprint density at radius 3 is 1.53 bits per heavy atom. The third-order valence-electron chi connectivity index (χ3n) is 7.76. The minimum absolute atomic E-state index is 0.0940. The highest BCUT2D eigenvalue weighted by Gasteiger charge is 2.54. The molecule has 0 amide bonds. The molecule has 0 unspecified atom stereocenters. The normalized spacial score (nSPS) is 12.7. The number of hydrogen-bond donors (Lipinski definition) is 1. The molecule has 2 heterocycles. The molecule has 0 aliphatic carbocycles. The van der Waals surface area contributed by atoms with Gasteiger partial charge in [-0.1, -0.05) is 0 Å². The first kappa shape index (κ1) is 39.2. The van der Waals surface area contributed by atoms with Gasteiger partial charge in [-0.15, -0.1) is 0 Å². The van der Waals surface area contributed by atoms with Crippen LogP contribution in [0.15, 0.2) is 48.5 Å². The third-order valence-corrected chi connectivity index (χ3v) is 7.76. The maximum absolute atomic E-state index is 13.9. The smallest absolute Gasteiger partial charge is 0.340 e. The van der Waals surface area contributed by atoms with E-state index >= 15 is 0 Å². The molecular formula is C36H33NO18. The molecule has 2 aliphatic rings. The highest BCUT2D eigenvalue weighted by molar-refractivity contribution is 5.99. The van der Waals surface area contributed by atoms with Gasteiger partial charge in [0, 0.05) is 56.5 Å². The monoisotopic (exact) mass is 767 g/mol. The Balaban J connectivity index is 1.57. The summed E-state index contributed by atoms with van der Waals surface area (Å²) in [7, 11) is 0. The summed E-state index contributed by atoms with van der Waals surface area (Å²) >= 11 is 0. The van der Waals surface area contributed by atoms with E-state index in [-0.39, 0.29) is 50.9 Å². The van der Waals surface area contributed by atoms with Gasteiger partial charge in [0.05, 0.1) is 11.3 Å². The quantitative estimate of drug-likeness (QED) is 0.133. The zero-order chi connectivity index (χ0) is 39.9. The van der Waals surface area contributed by atoms with Crippen LogP contribution in [0.1, 0.15) is 54.7 Å². The van der Waals surface area contributed by atoms with Crippen LogP contribution in [-0.4, -0.2) is 87.2 Å². The lowest BCUT2D eigenvalue weighted by molar-refractivity contribution is -0.165. The van der Waals surface area contributed by atoms with Crippen molar-refractivity contribution in [3.63, 3.8) is 0 Å². The summed E-state index contributed by atoms with van der Waals surface area (Å²) in [6.45, 7) is 0.872. The summed E-state index contributed by atoms with van der Waals surface area (Å²) in [5, 5.41) is 11.5. The predicted molar refractivity (Wildman–Crippen MR) is 179 cm³/mol. The van der Waals surface area contributed by atoms with Crippen LogP contribution in [0.3, 0.4) is 0 Å². The lowest BCUT2D eigenvalue weighted by Crippen LogP contribution is -2.37. The predicted octanol–water partition coefficient (Wildman–Crippen LogP) is 2.69. The molecular weight excluding hydrogens is 734 g/mol. The fourth-order valence-corrected chi connectivity index (χ4v) is 5.48. The number of aromatic hydroxyl groups is 1. The minimum Gasteiger partial charge on any atom is -0.506 e. The number of hydrogen-bond acceptors (Lipinski definition) is 19. The fourth-order valence-electron chi connectivity index (χ4n) is 5.48. The Hall–Kier alpha value is -7.05.